The Labute approximate surface area is 181 Å². The first-order chi connectivity index (χ1) is 14.1. The molecule has 7 heteroatoms. The predicted molar refractivity (Wildman–Crippen MR) is 117 cm³/mol. The third-order valence-corrected chi connectivity index (χ3v) is 6.57. The number of thiophene rings is 1. The number of benzene rings is 1. The van der Waals surface area contributed by atoms with Gasteiger partial charge in [-0.05, 0) is 62.4 Å². The number of nitrogens with one attached hydrogen (secondary N) is 1. The number of furan rings is 1. The number of halogens is 1. The molecule has 0 unspecified atom stereocenters. The Kier molecular flexibility index (Phi) is 5.87. The molecule has 5 nitrogen and oxygen atoms in total. The molecule has 0 fully saturated rings. The quantitative estimate of drug-likeness (QED) is 0.455. The molecule has 150 valence electrons. The number of hydrogen-bond acceptors (Lipinski definition) is 5. The number of esters is 1. The van der Waals surface area contributed by atoms with Gasteiger partial charge in [0.05, 0.1) is 12.2 Å². The maximum atomic E-state index is 12.8. The minimum Gasteiger partial charge on any atom is -0.462 e. The summed E-state index contributed by atoms with van der Waals surface area (Å²) in [7, 11) is 0. The van der Waals surface area contributed by atoms with E-state index in [9.17, 15) is 9.59 Å². The highest BCUT2D eigenvalue weighted by atomic mass is 79.9. The third-order valence-electron chi connectivity index (χ3n) is 4.84. The fourth-order valence-electron chi connectivity index (χ4n) is 3.47. The molecule has 1 aliphatic rings. The smallest absolute Gasteiger partial charge is 0.341 e. The highest BCUT2D eigenvalue weighted by Gasteiger charge is 2.28. The highest BCUT2D eigenvalue weighted by molar-refractivity contribution is 9.10. The topological polar surface area (TPSA) is 68.5 Å². The van der Waals surface area contributed by atoms with Crippen LogP contribution in [0.3, 0.4) is 0 Å². The number of carbonyl (C=O) groups is 2. The predicted octanol–water partition coefficient (Wildman–Crippen LogP) is 6.08. The molecule has 2 aromatic heterocycles. The Morgan fingerprint density at radius 1 is 1.14 bits per heavy atom. The number of carbonyl (C=O) groups excluding carboxylic acids is 2. The molecule has 0 saturated heterocycles. The van der Waals surface area contributed by atoms with E-state index in [1.165, 1.54) is 11.3 Å². The molecule has 1 N–H and O–H groups in total. The van der Waals surface area contributed by atoms with Gasteiger partial charge in [-0.2, -0.15) is 0 Å². The number of ether oxygens (including phenoxy) is 1. The molecule has 29 heavy (non-hydrogen) atoms. The minimum atomic E-state index is -0.378. The standard InChI is InChI=1S/C22H20BrNO4S/c1-2-27-22(26)19-15-5-3-4-6-18(15)29-21(19)24-20(25)17-12-11-16(28-17)13-7-9-14(23)10-8-13/h7-12H,2-6H2,1H3,(H,24,25). The van der Waals surface area contributed by atoms with Gasteiger partial charge in [0, 0.05) is 14.9 Å². The summed E-state index contributed by atoms with van der Waals surface area (Å²) in [5.74, 6) is 0.0533. The van der Waals surface area contributed by atoms with Crippen LogP contribution in [0.15, 0.2) is 45.3 Å². The second-order valence-corrected chi connectivity index (χ2v) is 8.78. The van der Waals surface area contributed by atoms with Crippen molar-refractivity contribution in [3.63, 3.8) is 0 Å². The fourth-order valence-corrected chi connectivity index (χ4v) is 5.00. The van der Waals surface area contributed by atoms with Crippen molar-refractivity contribution in [1.29, 1.82) is 0 Å². The fraction of sp³-hybridized carbons (Fsp3) is 0.273. The number of hydrogen-bond donors (Lipinski definition) is 1. The lowest BCUT2D eigenvalue weighted by Gasteiger charge is -2.12. The van der Waals surface area contributed by atoms with Crippen LogP contribution in [0.2, 0.25) is 0 Å². The van der Waals surface area contributed by atoms with E-state index in [-0.39, 0.29) is 17.6 Å². The van der Waals surface area contributed by atoms with Gasteiger partial charge in [-0.3, -0.25) is 4.79 Å². The number of rotatable bonds is 5. The summed E-state index contributed by atoms with van der Waals surface area (Å²) in [5.41, 5.74) is 2.40. The van der Waals surface area contributed by atoms with Crippen LogP contribution >= 0.6 is 27.3 Å². The summed E-state index contributed by atoms with van der Waals surface area (Å²) < 4.78 is 12.0. The van der Waals surface area contributed by atoms with Crippen LogP contribution in [0.4, 0.5) is 5.00 Å². The second kappa shape index (κ2) is 8.55. The van der Waals surface area contributed by atoms with E-state index in [1.807, 2.05) is 24.3 Å². The van der Waals surface area contributed by atoms with Gasteiger partial charge >= 0.3 is 5.97 Å². The zero-order valence-corrected chi connectivity index (χ0v) is 18.3. The maximum Gasteiger partial charge on any atom is 0.341 e. The molecule has 0 aliphatic heterocycles. The number of aryl methyl sites for hydroxylation is 1. The molecule has 0 radical (unpaired) electrons. The molecule has 0 saturated carbocycles. The normalized spacial score (nSPS) is 13.0. The Bertz CT molecular complexity index is 1050. The van der Waals surface area contributed by atoms with Crippen molar-refractivity contribution < 1.29 is 18.7 Å². The molecule has 1 aromatic carbocycles. The summed E-state index contributed by atoms with van der Waals surface area (Å²) in [6, 6.07) is 11.1. The average molecular weight is 474 g/mol. The monoisotopic (exact) mass is 473 g/mol. The largest absolute Gasteiger partial charge is 0.462 e. The molecule has 0 bridgehead atoms. The van der Waals surface area contributed by atoms with E-state index >= 15 is 0 Å². The summed E-state index contributed by atoms with van der Waals surface area (Å²) in [6.07, 6.45) is 3.90. The average Bonchev–Trinajstić information content (AvgIpc) is 3.33. The lowest BCUT2D eigenvalue weighted by Crippen LogP contribution is -2.15. The summed E-state index contributed by atoms with van der Waals surface area (Å²) in [6.45, 7) is 2.08. The van der Waals surface area contributed by atoms with Crippen LogP contribution in [-0.2, 0) is 17.6 Å². The SMILES string of the molecule is CCOC(=O)c1c(NC(=O)c2ccc(-c3ccc(Br)cc3)o2)sc2c1CCCC2. The molecule has 0 atom stereocenters. The minimum absolute atomic E-state index is 0.198. The molecule has 2 heterocycles. The Hall–Kier alpha value is -2.38. The van der Waals surface area contributed by atoms with Crippen LogP contribution in [0.5, 0.6) is 0 Å². The van der Waals surface area contributed by atoms with Gasteiger partial charge in [-0.1, -0.05) is 28.1 Å². The van der Waals surface area contributed by atoms with Crippen molar-refractivity contribution >= 4 is 44.1 Å². The molecular weight excluding hydrogens is 454 g/mol. The van der Waals surface area contributed by atoms with Gasteiger partial charge in [0.15, 0.2) is 5.76 Å². The van der Waals surface area contributed by atoms with E-state index in [0.717, 1.165) is 46.2 Å². The summed E-state index contributed by atoms with van der Waals surface area (Å²) in [5, 5.41) is 3.42. The number of fused-ring (bicyclic) bond motifs is 1. The van der Waals surface area contributed by atoms with Crippen LogP contribution in [0.25, 0.3) is 11.3 Å². The van der Waals surface area contributed by atoms with E-state index in [0.29, 0.717) is 22.9 Å². The van der Waals surface area contributed by atoms with Crippen molar-refractivity contribution in [3.05, 3.63) is 62.6 Å². The van der Waals surface area contributed by atoms with Crippen molar-refractivity contribution in [2.45, 2.75) is 32.6 Å². The van der Waals surface area contributed by atoms with Crippen LogP contribution < -0.4 is 5.32 Å². The van der Waals surface area contributed by atoms with E-state index in [1.54, 1.807) is 19.1 Å². The third kappa shape index (κ3) is 4.16. The van der Waals surface area contributed by atoms with Gasteiger partial charge in [0.25, 0.3) is 5.91 Å². The zero-order chi connectivity index (χ0) is 20.4. The summed E-state index contributed by atoms with van der Waals surface area (Å²) in [4.78, 5) is 26.5. The van der Waals surface area contributed by atoms with Gasteiger partial charge in [0.2, 0.25) is 0 Å². The number of amides is 1. The van der Waals surface area contributed by atoms with E-state index < -0.39 is 0 Å². The first-order valence-corrected chi connectivity index (χ1v) is 11.2. The van der Waals surface area contributed by atoms with Crippen LogP contribution in [0, 0.1) is 0 Å². The lowest BCUT2D eigenvalue weighted by atomic mass is 9.95. The van der Waals surface area contributed by atoms with Crippen molar-refractivity contribution in [2.24, 2.45) is 0 Å². The molecule has 3 aromatic rings. The van der Waals surface area contributed by atoms with Gasteiger partial charge < -0.3 is 14.5 Å². The van der Waals surface area contributed by atoms with Crippen LogP contribution in [0.1, 0.15) is 51.1 Å². The van der Waals surface area contributed by atoms with Gasteiger partial charge in [0.1, 0.15) is 10.8 Å². The van der Waals surface area contributed by atoms with Crippen molar-refractivity contribution in [2.75, 3.05) is 11.9 Å². The Morgan fingerprint density at radius 2 is 1.90 bits per heavy atom. The van der Waals surface area contributed by atoms with E-state index in [2.05, 4.69) is 21.2 Å². The highest BCUT2D eigenvalue weighted by Crippen LogP contribution is 2.39. The van der Waals surface area contributed by atoms with Crippen molar-refractivity contribution in [1.82, 2.24) is 0 Å². The Balaban J connectivity index is 1.59. The molecule has 1 amide bonds. The molecule has 0 spiro atoms. The van der Waals surface area contributed by atoms with E-state index in [4.69, 9.17) is 9.15 Å². The first kappa shape index (κ1) is 19.9. The number of anilines is 1. The molecular formula is C22H20BrNO4S. The second-order valence-electron chi connectivity index (χ2n) is 6.76. The van der Waals surface area contributed by atoms with Gasteiger partial charge in [-0.15, -0.1) is 11.3 Å². The van der Waals surface area contributed by atoms with Crippen molar-refractivity contribution in [3.8, 4) is 11.3 Å². The summed E-state index contributed by atoms with van der Waals surface area (Å²) >= 11 is 4.87. The molecule has 1 aliphatic carbocycles. The maximum absolute atomic E-state index is 12.8. The zero-order valence-electron chi connectivity index (χ0n) is 15.9. The Morgan fingerprint density at radius 3 is 2.66 bits per heavy atom. The van der Waals surface area contributed by atoms with Crippen LogP contribution in [-0.4, -0.2) is 18.5 Å². The van der Waals surface area contributed by atoms with Gasteiger partial charge in [-0.25, -0.2) is 4.79 Å². The lowest BCUT2D eigenvalue weighted by molar-refractivity contribution is 0.0526. The molecule has 4 rings (SSSR count). The first-order valence-electron chi connectivity index (χ1n) is 9.55.